The van der Waals surface area contributed by atoms with E-state index in [0.717, 1.165) is 17.2 Å². The van der Waals surface area contributed by atoms with Crippen molar-refractivity contribution in [3.05, 3.63) is 52.8 Å². The molecule has 0 aliphatic rings. The maximum Gasteiger partial charge on any atom is 0.264 e. The number of anilines is 2. The van der Waals surface area contributed by atoms with Crippen LogP contribution in [-0.4, -0.2) is 8.42 Å². The van der Waals surface area contributed by atoms with Crippen molar-refractivity contribution in [3.8, 4) is 0 Å². The van der Waals surface area contributed by atoms with E-state index in [1.807, 2.05) is 13.0 Å². The maximum absolute atomic E-state index is 14.1. The molecule has 0 fully saturated rings. The molecule has 0 saturated carbocycles. The van der Waals surface area contributed by atoms with Gasteiger partial charge in [-0.1, -0.05) is 12.1 Å². The number of halogens is 1. The number of rotatable bonds is 3. The Morgan fingerprint density at radius 2 is 1.71 bits per heavy atom. The van der Waals surface area contributed by atoms with Crippen molar-refractivity contribution in [2.45, 2.75) is 25.7 Å². The fourth-order valence-electron chi connectivity index (χ4n) is 2.01. The minimum Gasteiger partial charge on any atom is -0.399 e. The number of aryl methyl sites for hydroxylation is 3. The lowest BCUT2D eigenvalue weighted by atomic mass is 10.1. The summed E-state index contributed by atoms with van der Waals surface area (Å²) in [6, 6.07) is 7.89. The maximum atomic E-state index is 14.1. The van der Waals surface area contributed by atoms with Gasteiger partial charge in [0.15, 0.2) is 0 Å². The summed E-state index contributed by atoms with van der Waals surface area (Å²) >= 11 is 0. The molecule has 0 spiro atoms. The minimum atomic E-state index is -4.03. The summed E-state index contributed by atoms with van der Waals surface area (Å²) in [7, 11) is -4.03. The molecule has 2 rings (SSSR count). The molecule has 0 aromatic heterocycles. The highest BCUT2D eigenvalue weighted by Gasteiger charge is 2.22. The van der Waals surface area contributed by atoms with Crippen LogP contribution in [0.1, 0.15) is 16.7 Å². The second kappa shape index (κ2) is 5.37. The van der Waals surface area contributed by atoms with Crippen LogP contribution in [0, 0.1) is 26.6 Å². The molecule has 0 amide bonds. The SMILES string of the molecule is Cc1ccc(C)c(NS(=O)(=O)c2cc(N)cc(C)c2F)c1. The summed E-state index contributed by atoms with van der Waals surface area (Å²) in [5.74, 6) is -0.790. The van der Waals surface area contributed by atoms with Gasteiger partial charge in [-0.3, -0.25) is 4.72 Å². The van der Waals surface area contributed by atoms with Crippen molar-refractivity contribution < 1.29 is 12.8 Å². The standard InChI is InChI=1S/C15H17FN2O2S/c1-9-4-5-10(2)13(6-9)18-21(19,20)14-8-12(17)7-11(3)15(14)16/h4-8,18H,17H2,1-3H3. The van der Waals surface area contributed by atoms with Crippen molar-refractivity contribution in [2.75, 3.05) is 10.5 Å². The van der Waals surface area contributed by atoms with Crippen LogP contribution in [-0.2, 0) is 10.0 Å². The van der Waals surface area contributed by atoms with E-state index in [0.29, 0.717) is 5.69 Å². The second-order valence-electron chi connectivity index (χ2n) is 5.07. The summed E-state index contributed by atoms with van der Waals surface area (Å²) in [5.41, 5.74) is 8.09. The van der Waals surface area contributed by atoms with E-state index < -0.39 is 20.7 Å². The van der Waals surface area contributed by atoms with Crippen LogP contribution in [0.3, 0.4) is 0 Å². The number of sulfonamides is 1. The molecule has 112 valence electrons. The van der Waals surface area contributed by atoms with Crippen LogP contribution in [0.2, 0.25) is 0 Å². The molecule has 4 nitrogen and oxygen atoms in total. The highest BCUT2D eigenvalue weighted by atomic mass is 32.2. The average Bonchev–Trinajstić information content (AvgIpc) is 2.37. The Bertz CT molecular complexity index is 802. The predicted octanol–water partition coefficient (Wildman–Crippen LogP) is 3.13. The lowest BCUT2D eigenvalue weighted by Crippen LogP contribution is -2.16. The van der Waals surface area contributed by atoms with Gasteiger partial charge in [-0.2, -0.15) is 0 Å². The molecule has 2 aromatic rings. The van der Waals surface area contributed by atoms with Gasteiger partial charge >= 0.3 is 0 Å². The number of nitrogen functional groups attached to an aromatic ring is 1. The molecule has 21 heavy (non-hydrogen) atoms. The molecule has 0 saturated heterocycles. The zero-order valence-corrected chi connectivity index (χ0v) is 12.9. The van der Waals surface area contributed by atoms with Crippen LogP contribution in [0.15, 0.2) is 35.2 Å². The first-order valence-corrected chi connectivity index (χ1v) is 7.85. The topological polar surface area (TPSA) is 72.2 Å². The Kier molecular flexibility index (Phi) is 3.91. The summed E-state index contributed by atoms with van der Waals surface area (Å²) in [5, 5.41) is 0. The van der Waals surface area contributed by atoms with Gasteiger partial charge in [0.1, 0.15) is 10.7 Å². The summed E-state index contributed by atoms with van der Waals surface area (Å²) in [4.78, 5) is -0.444. The zero-order valence-electron chi connectivity index (χ0n) is 12.1. The lowest BCUT2D eigenvalue weighted by molar-refractivity contribution is 0.565. The first kappa shape index (κ1) is 15.3. The van der Waals surface area contributed by atoms with Crippen molar-refractivity contribution in [2.24, 2.45) is 0 Å². The summed E-state index contributed by atoms with van der Waals surface area (Å²) < 4.78 is 41.3. The number of nitrogens with one attached hydrogen (secondary N) is 1. The van der Waals surface area contributed by atoms with E-state index in [2.05, 4.69) is 4.72 Å². The quantitative estimate of drug-likeness (QED) is 0.856. The number of nitrogens with two attached hydrogens (primary N) is 1. The third kappa shape index (κ3) is 3.16. The fraction of sp³-hybridized carbons (Fsp3) is 0.200. The van der Waals surface area contributed by atoms with Gasteiger partial charge in [0, 0.05) is 5.69 Å². The Balaban J connectivity index is 2.51. The summed E-state index contributed by atoms with van der Waals surface area (Å²) in [6.45, 7) is 5.10. The third-order valence-corrected chi connectivity index (χ3v) is 4.54. The number of hydrogen-bond donors (Lipinski definition) is 2. The van der Waals surface area contributed by atoms with Crippen LogP contribution in [0.4, 0.5) is 15.8 Å². The lowest BCUT2D eigenvalue weighted by Gasteiger charge is -2.13. The van der Waals surface area contributed by atoms with Crippen molar-refractivity contribution in [1.82, 2.24) is 0 Å². The molecule has 0 atom stereocenters. The van der Waals surface area contributed by atoms with Gasteiger partial charge in [-0.25, -0.2) is 12.8 Å². The van der Waals surface area contributed by atoms with Gasteiger partial charge in [-0.15, -0.1) is 0 Å². The predicted molar refractivity (Wildman–Crippen MR) is 82.3 cm³/mol. The van der Waals surface area contributed by atoms with Gasteiger partial charge in [0.05, 0.1) is 5.69 Å². The Morgan fingerprint density at radius 1 is 1.05 bits per heavy atom. The molecule has 0 unspecified atom stereocenters. The average molecular weight is 308 g/mol. The molecular formula is C15H17FN2O2S. The third-order valence-electron chi connectivity index (χ3n) is 3.17. The largest absolute Gasteiger partial charge is 0.399 e. The fourth-order valence-corrected chi connectivity index (χ4v) is 3.31. The highest BCUT2D eigenvalue weighted by Crippen LogP contribution is 2.25. The van der Waals surface area contributed by atoms with Crippen molar-refractivity contribution in [3.63, 3.8) is 0 Å². The smallest absolute Gasteiger partial charge is 0.264 e. The molecule has 2 aromatic carbocycles. The van der Waals surface area contributed by atoms with Crippen LogP contribution in [0.25, 0.3) is 0 Å². The van der Waals surface area contributed by atoms with E-state index >= 15 is 0 Å². The van der Waals surface area contributed by atoms with E-state index in [1.54, 1.807) is 19.1 Å². The molecule has 0 heterocycles. The zero-order chi connectivity index (χ0) is 15.8. The molecule has 0 radical (unpaired) electrons. The Labute approximate surface area is 123 Å². The van der Waals surface area contributed by atoms with E-state index in [-0.39, 0.29) is 11.3 Å². The van der Waals surface area contributed by atoms with Crippen molar-refractivity contribution >= 4 is 21.4 Å². The monoisotopic (exact) mass is 308 g/mol. The summed E-state index contributed by atoms with van der Waals surface area (Å²) in [6.07, 6.45) is 0. The second-order valence-corrected chi connectivity index (χ2v) is 6.72. The number of benzene rings is 2. The van der Waals surface area contributed by atoms with Crippen LogP contribution < -0.4 is 10.5 Å². The first-order chi connectivity index (χ1) is 9.70. The van der Waals surface area contributed by atoms with E-state index in [1.165, 1.54) is 13.0 Å². The normalized spacial score (nSPS) is 11.4. The molecular weight excluding hydrogens is 291 g/mol. The number of hydrogen-bond acceptors (Lipinski definition) is 3. The van der Waals surface area contributed by atoms with Gasteiger partial charge in [0.25, 0.3) is 10.0 Å². The Morgan fingerprint density at radius 3 is 2.38 bits per heavy atom. The van der Waals surface area contributed by atoms with Gasteiger partial charge < -0.3 is 5.73 Å². The van der Waals surface area contributed by atoms with Crippen molar-refractivity contribution in [1.29, 1.82) is 0 Å². The molecule has 0 aliphatic heterocycles. The van der Waals surface area contributed by atoms with Crippen LogP contribution >= 0.6 is 0 Å². The van der Waals surface area contributed by atoms with Gasteiger partial charge in [-0.05, 0) is 55.7 Å². The molecule has 6 heteroatoms. The first-order valence-electron chi connectivity index (χ1n) is 6.36. The molecule has 3 N–H and O–H groups in total. The van der Waals surface area contributed by atoms with Crippen LogP contribution in [0.5, 0.6) is 0 Å². The van der Waals surface area contributed by atoms with E-state index in [9.17, 15) is 12.8 Å². The Hall–Kier alpha value is -2.08. The van der Waals surface area contributed by atoms with Gasteiger partial charge in [0.2, 0.25) is 0 Å². The minimum absolute atomic E-state index is 0.191. The highest BCUT2D eigenvalue weighted by molar-refractivity contribution is 7.92. The molecule has 0 aliphatic carbocycles. The molecule has 0 bridgehead atoms. The van der Waals surface area contributed by atoms with E-state index in [4.69, 9.17) is 5.73 Å².